The van der Waals surface area contributed by atoms with Crippen molar-refractivity contribution in [1.29, 1.82) is 0 Å². The third kappa shape index (κ3) is 0.832. The first-order chi connectivity index (χ1) is 5.84. The van der Waals surface area contributed by atoms with Crippen LogP contribution in [0.1, 0.15) is 38.5 Å². The number of rotatable bonds is 0. The number of allylic oxidation sites excluding steroid dienone is 1. The van der Waals surface area contributed by atoms with Crippen LogP contribution >= 0.6 is 0 Å². The van der Waals surface area contributed by atoms with Gasteiger partial charge in [-0.1, -0.05) is 11.1 Å². The molecule has 0 spiro atoms. The molecule has 0 heterocycles. The molecule has 0 aromatic heterocycles. The van der Waals surface area contributed by atoms with E-state index in [0.717, 1.165) is 24.7 Å². The SMILES string of the molecule is O[C@@H]1CCC2=C(C1)[C@@H]1CC[C@H]2C1. The van der Waals surface area contributed by atoms with Gasteiger partial charge in [0, 0.05) is 0 Å². The Morgan fingerprint density at radius 3 is 2.58 bits per heavy atom. The highest BCUT2D eigenvalue weighted by Crippen LogP contribution is 2.53. The van der Waals surface area contributed by atoms with E-state index in [-0.39, 0.29) is 6.10 Å². The van der Waals surface area contributed by atoms with E-state index in [1.807, 2.05) is 0 Å². The summed E-state index contributed by atoms with van der Waals surface area (Å²) in [6.07, 6.45) is 7.52. The lowest BCUT2D eigenvalue weighted by Crippen LogP contribution is -2.18. The van der Waals surface area contributed by atoms with E-state index in [9.17, 15) is 5.11 Å². The Morgan fingerprint density at radius 1 is 1.00 bits per heavy atom. The number of aliphatic hydroxyl groups is 1. The van der Waals surface area contributed by atoms with Crippen molar-refractivity contribution in [2.24, 2.45) is 11.8 Å². The summed E-state index contributed by atoms with van der Waals surface area (Å²) in [5, 5.41) is 9.55. The maximum absolute atomic E-state index is 9.55. The largest absolute Gasteiger partial charge is 0.393 e. The average Bonchev–Trinajstić information content (AvgIpc) is 2.63. The summed E-state index contributed by atoms with van der Waals surface area (Å²) < 4.78 is 0. The molecule has 3 atom stereocenters. The van der Waals surface area contributed by atoms with Gasteiger partial charge in [0.25, 0.3) is 0 Å². The molecule has 0 radical (unpaired) electrons. The summed E-state index contributed by atoms with van der Waals surface area (Å²) in [5.41, 5.74) is 3.43. The molecule has 12 heavy (non-hydrogen) atoms. The zero-order chi connectivity index (χ0) is 8.13. The minimum Gasteiger partial charge on any atom is -0.393 e. The highest BCUT2D eigenvalue weighted by atomic mass is 16.3. The summed E-state index contributed by atoms with van der Waals surface area (Å²) in [5.74, 6) is 1.83. The number of fused-ring (bicyclic) bond motifs is 4. The molecule has 0 aromatic rings. The molecule has 1 nitrogen and oxygen atoms in total. The molecule has 1 fully saturated rings. The normalized spacial score (nSPS) is 45.2. The van der Waals surface area contributed by atoms with Crippen LogP contribution in [0.15, 0.2) is 11.1 Å². The van der Waals surface area contributed by atoms with E-state index >= 15 is 0 Å². The van der Waals surface area contributed by atoms with Gasteiger partial charge in [0.1, 0.15) is 0 Å². The monoisotopic (exact) mass is 164 g/mol. The van der Waals surface area contributed by atoms with E-state index in [1.165, 1.54) is 25.7 Å². The standard InChI is InChI=1S/C11H16O/c12-9-3-4-10-7-1-2-8(5-7)11(10)6-9/h7-9,12H,1-6H2/t7-,8+,9+/m0/s1. The van der Waals surface area contributed by atoms with Gasteiger partial charge in [-0.25, -0.2) is 0 Å². The van der Waals surface area contributed by atoms with Crippen molar-refractivity contribution in [3.63, 3.8) is 0 Å². The predicted molar refractivity (Wildman–Crippen MR) is 47.7 cm³/mol. The highest BCUT2D eigenvalue weighted by Gasteiger charge is 2.40. The fourth-order valence-corrected chi connectivity index (χ4v) is 3.48. The zero-order valence-electron chi connectivity index (χ0n) is 7.42. The predicted octanol–water partition coefficient (Wildman–Crippen LogP) is 2.26. The van der Waals surface area contributed by atoms with Crippen molar-refractivity contribution in [1.82, 2.24) is 0 Å². The van der Waals surface area contributed by atoms with E-state index in [1.54, 1.807) is 11.1 Å². The minimum atomic E-state index is -0.0110. The topological polar surface area (TPSA) is 20.2 Å². The van der Waals surface area contributed by atoms with Crippen LogP contribution in [-0.4, -0.2) is 11.2 Å². The van der Waals surface area contributed by atoms with Gasteiger partial charge >= 0.3 is 0 Å². The number of hydrogen-bond donors (Lipinski definition) is 1. The summed E-state index contributed by atoms with van der Waals surface area (Å²) in [4.78, 5) is 0. The smallest absolute Gasteiger partial charge is 0.0580 e. The molecular formula is C11H16O. The first-order valence-electron chi connectivity index (χ1n) is 5.24. The molecule has 0 aliphatic heterocycles. The Labute approximate surface area is 73.5 Å². The lowest BCUT2D eigenvalue weighted by molar-refractivity contribution is 0.154. The van der Waals surface area contributed by atoms with Crippen LogP contribution < -0.4 is 0 Å². The lowest BCUT2D eigenvalue weighted by Gasteiger charge is -2.27. The number of aliphatic hydroxyl groups excluding tert-OH is 1. The second kappa shape index (κ2) is 2.35. The van der Waals surface area contributed by atoms with Gasteiger partial charge in [-0.05, 0) is 50.4 Å². The molecule has 0 amide bonds. The molecule has 3 aliphatic rings. The molecule has 2 bridgehead atoms. The molecule has 0 unspecified atom stereocenters. The fraction of sp³-hybridized carbons (Fsp3) is 0.818. The molecule has 3 aliphatic carbocycles. The molecule has 0 aromatic carbocycles. The Balaban J connectivity index is 1.95. The van der Waals surface area contributed by atoms with Crippen LogP contribution in [0.2, 0.25) is 0 Å². The van der Waals surface area contributed by atoms with Crippen molar-refractivity contribution in [3.05, 3.63) is 11.1 Å². The first-order valence-corrected chi connectivity index (χ1v) is 5.24. The maximum atomic E-state index is 9.55. The van der Waals surface area contributed by atoms with Gasteiger partial charge in [-0.15, -0.1) is 0 Å². The van der Waals surface area contributed by atoms with Crippen molar-refractivity contribution in [2.45, 2.75) is 44.6 Å². The minimum absolute atomic E-state index is 0.0110. The Bertz CT molecular complexity index is 241. The third-order valence-electron chi connectivity index (χ3n) is 4.03. The molecule has 66 valence electrons. The van der Waals surface area contributed by atoms with Crippen LogP contribution in [0.3, 0.4) is 0 Å². The molecule has 1 N–H and O–H groups in total. The van der Waals surface area contributed by atoms with E-state index in [4.69, 9.17) is 0 Å². The Kier molecular flexibility index (Phi) is 1.40. The zero-order valence-corrected chi connectivity index (χ0v) is 7.42. The third-order valence-corrected chi connectivity index (χ3v) is 4.03. The summed E-state index contributed by atoms with van der Waals surface area (Å²) in [6, 6.07) is 0. The van der Waals surface area contributed by atoms with Crippen molar-refractivity contribution in [3.8, 4) is 0 Å². The second-order valence-corrected chi connectivity index (χ2v) is 4.65. The second-order valence-electron chi connectivity index (χ2n) is 4.65. The summed E-state index contributed by atoms with van der Waals surface area (Å²) in [6.45, 7) is 0. The Hall–Kier alpha value is -0.300. The maximum Gasteiger partial charge on any atom is 0.0580 e. The van der Waals surface area contributed by atoms with Crippen LogP contribution in [-0.2, 0) is 0 Å². The summed E-state index contributed by atoms with van der Waals surface area (Å²) >= 11 is 0. The van der Waals surface area contributed by atoms with Gasteiger partial charge in [0.05, 0.1) is 6.10 Å². The van der Waals surface area contributed by atoms with Crippen LogP contribution in [0.25, 0.3) is 0 Å². The highest BCUT2D eigenvalue weighted by molar-refractivity contribution is 5.31. The molecule has 1 heteroatoms. The van der Waals surface area contributed by atoms with Crippen molar-refractivity contribution in [2.75, 3.05) is 0 Å². The van der Waals surface area contributed by atoms with Crippen LogP contribution in [0, 0.1) is 11.8 Å². The van der Waals surface area contributed by atoms with E-state index in [2.05, 4.69) is 0 Å². The van der Waals surface area contributed by atoms with E-state index < -0.39 is 0 Å². The van der Waals surface area contributed by atoms with Gasteiger partial charge in [0.15, 0.2) is 0 Å². The lowest BCUT2D eigenvalue weighted by atomic mass is 9.81. The van der Waals surface area contributed by atoms with Crippen LogP contribution in [0.5, 0.6) is 0 Å². The quantitative estimate of drug-likeness (QED) is 0.544. The number of hydrogen-bond acceptors (Lipinski definition) is 1. The summed E-state index contributed by atoms with van der Waals surface area (Å²) in [7, 11) is 0. The van der Waals surface area contributed by atoms with Gasteiger partial charge in [-0.2, -0.15) is 0 Å². The van der Waals surface area contributed by atoms with Gasteiger partial charge in [-0.3, -0.25) is 0 Å². The molecular weight excluding hydrogens is 148 g/mol. The first kappa shape index (κ1) is 7.14. The fourth-order valence-electron chi connectivity index (χ4n) is 3.48. The molecule has 3 rings (SSSR count). The Morgan fingerprint density at radius 2 is 1.75 bits per heavy atom. The van der Waals surface area contributed by atoms with Crippen LogP contribution in [0.4, 0.5) is 0 Å². The molecule has 1 saturated carbocycles. The van der Waals surface area contributed by atoms with Crippen molar-refractivity contribution < 1.29 is 5.11 Å². The average molecular weight is 164 g/mol. The van der Waals surface area contributed by atoms with Gasteiger partial charge < -0.3 is 5.11 Å². The molecule has 0 saturated heterocycles. The van der Waals surface area contributed by atoms with Gasteiger partial charge in [0.2, 0.25) is 0 Å². The van der Waals surface area contributed by atoms with E-state index in [0.29, 0.717) is 0 Å². The van der Waals surface area contributed by atoms with Crippen molar-refractivity contribution >= 4 is 0 Å².